The summed E-state index contributed by atoms with van der Waals surface area (Å²) >= 11 is 0. The largest absolute Gasteiger partial charge is 0.316 e. The molecule has 6 nitrogen and oxygen atoms in total. The molecule has 3 atom stereocenters. The van der Waals surface area contributed by atoms with Crippen LogP contribution in [0.4, 0.5) is 0 Å². The van der Waals surface area contributed by atoms with Crippen molar-refractivity contribution in [2.75, 3.05) is 0 Å². The Morgan fingerprint density at radius 2 is 1.63 bits per heavy atom. The summed E-state index contributed by atoms with van der Waals surface area (Å²) in [4.78, 5) is 25.0. The number of hydrogen-bond acceptors (Lipinski definition) is 4. The fourth-order valence-electron chi connectivity index (χ4n) is 4.22. The van der Waals surface area contributed by atoms with Crippen LogP contribution in [0, 0.1) is 11.8 Å². The highest BCUT2D eigenvalue weighted by molar-refractivity contribution is 5.57. The molecule has 0 radical (unpaired) electrons. The van der Waals surface area contributed by atoms with Gasteiger partial charge in [-0.3, -0.25) is 9.59 Å². The molecule has 0 aliphatic heterocycles. The molecule has 1 unspecified atom stereocenters. The molecular formula is C21H20N4O2. The van der Waals surface area contributed by atoms with E-state index in [4.69, 9.17) is 0 Å². The number of aromatic nitrogens is 4. The predicted molar refractivity (Wildman–Crippen MR) is 101 cm³/mol. The van der Waals surface area contributed by atoms with Crippen molar-refractivity contribution in [1.82, 2.24) is 19.3 Å². The van der Waals surface area contributed by atoms with Gasteiger partial charge in [0.15, 0.2) is 0 Å². The van der Waals surface area contributed by atoms with E-state index < -0.39 is 11.1 Å². The molecule has 0 amide bonds. The van der Waals surface area contributed by atoms with Crippen molar-refractivity contribution in [2.24, 2.45) is 11.8 Å². The van der Waals surface area contributed by atoms with Gasteiger partial charge < -0.3 is 9.13 Å². The fraction of sp³-hybridized carbons (Fsp3) is 0.333. The number of benzene rings is 1. The van der Waals surface area contributed by atoms with E-state index in [1.165, 1.54) is 11.0 Å². The van der Waals surface area contributed by atoms with Crippen LogP contribution in [0.25, 0.3) is 11.3 Å². The molecule has 2 heterocycles. The molecule has 0 bridgehead atoms. The molecule has 3 aromatic rings. The molecule has 27 heavy (non-hydrogen) atoms. The van der Waals surface area contributed by atoms with Gasteiger partial charge in [-0.1, -0.05) is 30.3 Å². The highest BCUT2D eigenvalue weighted by Gasteiger charge is 2.46. The monoisotopic (exact) mass is 360 g/mol. The molecule has 0 saturated heterocycles. The van der Waals surface area contributed by atoms with Crippen molar-refractivity contribution >= 4 is 0 Å². The Balaban J connectivity index is 1.37. The van der Waals surface area contributed by atoms with Crippen molar-refractivity contribution in [3.8, 4) is 11.3 Å². The minimum absolute atomic E-state index is 0.188. The van der Waals surface area contributed by atoms with Crippen LogP contribution in [0.5, 0.6) is 0 Å². The van der Waals surface area contributed by atoms with Gasteiger partial charge in [0, 0.05) is 24.0 Å². The lowest BCUT2D eigenvalue weighted by molar-refractivity contribution is 0.445. The van der Waals surface area contributed by atoms with Crippen molar-refractivity contribution < 1.29 is 0 Å². The topological polar surface area (TPSA) is 69.8 Å². The number of rotatable bonds is 4. The van der Waals surface area contributed by atoms with Crippen LogP contribution in [0.3, 0.4) is 0 Å². The predicted octanol–water partition coefficient (Wildman–Crippen LogP) is 2.49. The van der Waals surface area contributed by atoms with Crippen molar-refractivity contribution in [3.63, 3.8) is 0 Å². The molecule has 136 valence electrons. The minimum atomic E-state index is -0.494. The second-order valence-electron chi connectivity index (χ2n) is 7.60. The van der Waals surface area contributed by atoms with Crippen LogP contribution in [-0.4, -0.2) is 19.3 Å². The first kappa shape index (κ1) is 16.2. The third kappa shape index (κ3) is 3.01. The van der Waals surface area contributed by atoms with Crippen LogP contribution >= 0.6 is 0 Å². The Morgan fingerprint density at radius 1 is 0.852 bits per heavy atom. The normalized spacial score (nSPS) is 23.2. The average Bonchev–Trinajstić information content (AvgIpc) is 3.32. The van der Waals surface area contributed by atoms with Gasteiger partial charge in [0.2, 0.25) is 0 Å². The summed E-state index contributed by atoms with van der Waals surface area (Å²) in [6.07, 6.45) is 6.80. The summed E-state index contributed by atoms with van der Waals surface area (Å²) in [6.45, 7) is 0.243. The first-order valence-corrected chi connectivity index (χ1v) is 9.38. The van der Waals surface area contributed by atoms with Crippen LogP contribution in [0.2, 0.25) is 0 Å². The molecule has 6 heteroatoms. The zero-order chi connectivity index (χ0) is 18.4. The van der Waals surface area contributed by atoms with E-state index in [-0.39, 0.29) is 12.6 Å². The maximum atomic E-state index is 12.5. The van der Waals surface area contributed by atoms with Gasteiger partial charge in [0.1, 0.15) is 0 Å². The molecule has 5 rings (SSSR count). The van der Waals surface area contributed by atoms with Gasteiger partial charge in [-0.15, -0.1) is 0 Å². The van der Waals surface area contributed by atoms with Crippen molar-refractivity contribution in [1.29, 1.82) is 0 Å². The first-order valence-electron chi connectivity index (χ1n) is 9.38. The highest BCUT2D eigenvalue weighted by Crippen LogP contribution is 2.55. The Bertz CT molecular complexity index is 1080. The van der Waals surface area contributed by atoms with E-state index in [1.807, 2.05) is 42.5 Å². The molecule has 2 saturated carbocycles. The molecule has 0 N–H and O–H groups in total. The van der Waals surface area contributed by atoms with Gasteiger partial charge >= 0.3 is 11.1 Å². The molecule has 0 spiro atoms. The van der Waals surface area contributed by atoms with E-state index in [0.717, 1.165) is 35.9 Å². The molecule has 2 aliphatic carbocycles. The Hall–Kier alpha value is -3.02. The molecule has 1 aromatic carbocycles. The Labute approximate surface area is 156 Å². The van der Waals surface area contributed by atoms with Gasteiger partial charge in [-0.2, -0.15) is 10.2 Å². The lowest BCUT2D eigenvalue weighted by Gasteiger charge is -2.16. The summed E-state index contributed by atoms with van der Waals surface area (Å²) in [5, 5.41) is 8.46. The summed E-state index contributed by atoms with van der Waals surface area (Å²) in [5.74, 6) is 1.53. The van der Waals surface area contributed by atoms with Gasteiger partial charge in [0.05, 0.1) is 17.9 Å². The second kappa shape index (κ2) is 6.30. The first-order chi connectivity index (χ1) is 13.2. The lowest BCUT2D eigenvalue weighted by Crippen LogP contribution is -2.42. The van der Waals surface area contributed by atoms with Gasteiger partial charge in [0.25, 0.3) is 0 Å². The van der Waals surface area contributed by atoms with Crippen LogP contribution in [-0.2, 0) is 6.54 Å². The average molecular weight is 360 g/mol. The summed E-state index contributed by atoms with van der Waals surface area (Å²) in [5.41, 5.74) is 1.49. The van der Waals surface area contributed by atoms with E-state index in [2.05, 4.69) is 10.2 Å². The number of hydrogen-bond donors (Lipinski definition) is 0. The Morgan fingerprint density at radius 3 is 2.33 bits per heavy atom. The van der Waals surface area contributed by atoms with Gasteiger partial charge in [-0.25, -0.2) is 0 Å². The quantitative estimate of drug-likeness (QED) is 0.670. The van der Waals surface area contributed by atoms with E-state index in [1.54, 1.807) is 17.0 Å². The molecule has 2 aliphatic rings. The molecular weight excluding hydrogens is 340 g/mol. The van der Waals surface area contributed by atoms with Crippen LogP contribution in [0.15, 0.2) is 64.4 Å². The minimum Gasteiger partial charge on any atom is -0.306 e. The standard InChI is InChI=1S/C21H20N4O2/c26-20-21(27)25(18-11-15-10-16(15)12-18)9-8-24(20)13-17-6-7-19(23-22-17)14-4-2-1-3-5-14/h1-9,15-16,18H,10-13H2/t15-,16+,18?. The number of fused-ring (bicyclic) bond motifs is 1. The second-order valence-corrected chi connectivity index (χ2v) is 7.60. The van der Waals surface area contributed by atoms with Crippen LogP contribution in [0.1, 0.15) is 31.0 Å². The summed E-state index contributed by atoms with van der Waals surface area (Å²) in [7, 11) is 0. The maximum Gasteiger partial charge on any atom is 0.316 e. The highest BCUT2D eigenvalue weighted by atomic mass is 16.2. The molecule has 2 fully saturated rings. The zero-order valence-electron chi connectivity index (χ0n) is 14.9. The maximum absolute atomic E-state index is 12.5. The van der Waals surface area contributed by atoms with Gasteiger partial charge in [-0.05, 0) is 43.2 Å². The SMILES string of the molecule is O=c1c(=O)n(C2C[C@@H]3C[C@@H]3C2)ccn1Cc1ccc(-c2ccccc2)nn1. The third-order valence-corrected chi connectivity index (χ3v) is 5.82. The van der Waals surface area contributed by atoms with Crippen LogP contribution < -0.4 is 11.1 Å². The number of nitrogens with zero attached hydrogens (tertiary/aromatic N) is 4. The van der Waals surface area contributed by atoms with E-state index in [0.29, 0.717) is 5.69 Å². The van der Waals surface area contributed by atoms with Crippen molar-refractivity contribution in [3.05, 3.63) is 81.3 Å². The van der Waals surface area contributed by atoms with E-state index >= 15 is 0 Å². The zero-order valence-corrected chi connectivity index (χ0v) is 14.9. The third-order valence-electron chi connectivity index (χ3n) is 5.82. The summed E-state index contributed by atoms with van der Waals surface area (Å²) in [6, 6.07) is 13.7. The molecule has 2 aromatic heterocycles. The lowest BCUT2D eigenvalue weighted by atomic mass is 10.1. The van der Waals surface area contributed by atoms with Crippen molar-refractivity contribution in [2.45, 2.75) is 31.8 Å². The Kier molecular flexibility index (Phi) is 3.77. The fourth-order valence-corrected chi connectivity index (χ4v) is 4.22. The smallest absolute Gasteiger partial charge is 0.306 e. The summed E-state index contributed by atoms with van der Waals surface area (Å²) < 4.78 is 3.05. The van der Waals surface area contributed by atoms with E-state index in [9.17, 15) is 9.59 Å².